The van der Waals surface area contributed by atoms with Gasteiger partial charge in [0.2, 0.25) is 0 Å². The van der Waals surface area contributed by atoms with Gasteiger partial charge < -0.3 is 15.2 Å². The molecular formula is C16H22Cl2N4O2S. The maximum Gasteiger partial charge on any atom is 0.254 e. The number of nitrogens with one attached hydrogen (secondary N) is 2. The molecule has 0 aromatic carbocycles. The van der Waals surface area contributed by atoms with E-state index in [1.165, 1.54) is 11.8 Å². The SMILES string of the molecule is Cc1cc(CSc2ncccc2C(=O)NC2CCCNC2)no1.Cl.Cl. The van der Waals surface area contributed by atoms with Crippen LogP contribution in [0.15, 0.2) is 33.9 Å². The summed E-state index contributed by atoms with van der Waals surface area (Å²) in [7, 11) is 0. The van der Waals surface area contributed by atoms with Gasteiger partial charge >= 0.3 is 0 Å². The zero-order valence-electron chi connectivity index (χ0n) is 13.9. The van der Waals surface area contributed by atoms with Crippen LogP contribution < -0.4 is 10.6 Å². The number of rotatable bonds is 5. The Labute approximate surface area is 163 Å². The van der Waals surface area contributed by atoms with E-state index in [0.29, 0.717) is 11.3 Å². The Hall–Kier alpha value is -1.28. The van der Waals surface area contributed by atoms with E-state index in [-0.39, 0.29) is 36.8 Å². The van der Waals surface area contributed by atoms with Crippen molar-refractivity contribution in [3.63, 3.8) is 0 Å². The van der Waals surface area contributed by atoms with Gasteiger partial charge in [0, 0.05) is 30.6 Å². The summed E-state index contributed by atoms with van der Waals surface area (Å²) in [6.07, 6.45) is 3.81. The minimum atomic E-state index is -0.0642. The molecule has 3 heterocycles. The molecule has 2 aromatic rings. The normalized spacial score (nSPS) is 16.4. The molecule has 3 rings (SSSR count). The van der Waals surface area contributed by atoms with Crippen molar-refractivity contribution in [3.8, 4) is 0 Å². The van der Waals surface area contributed by atoms with E-state index in [1.807, 2.05) is 19.1 Å². The molecule has 1 saturated heterocycles. The van der Waals surface area contributed by atoms with Gasteiger partial charge in [0.25, 0.3) is 5.91 Å². The van der Waals surface area contributed by atoms with Crippen LogP contribution in [0.4, 0.5) is 0 Å². The molecule has 1 atom stereocenters. The van der Waals surface area contributed by atoms with E-state index in [0.717, 1.165) is 42.4 Å². The fourth-order valence-electron chi connectivity index (χ4n) is 2.55. The first-order valence-electron chi connectivity index (χ1n) is 7.74. The molecular weight excluding hydrogens is 383 g/mol. The summed E-state index contributed by atoms with van der Waals surface area (Å²) in [4.78, 5) is 16.9. The molecule has 9 heteroatoms. The van der Waals surface area contributed by atoms with Gasteiger partial charge in [0.05, 0.1) is 11.3 Å². The summed E-state index contributed by atoms with van der Waals surface area (Å²) in [5.74, 6) is 1.34. The van der Waals surface area contributed by atoms with Crippen molar-refractivity contribution >= 4 is 42.5 Å². The lowest BCUT2D eigenvalue weighted by Gasteiger charge is -2.24. The molecule has 0 spiro atoms. The number of pyridine rings is 1. The van der Waals surface area contributed by atoms with Crippen molar-refractivity contribution in [2.45, 2.75) is 36.6 Å². The molecule has 1 aliphatic heterocycles. The first-order chi connectivity index (χ1) is 11.2. The summed E-state index contributed by atoms with van der Waals surface area (Å²) >= 11 is 1.49. The molecule has 0 aliphatic carbocycles. The topological polar surface area (TPSA) is 80.0 Å². The first-order valence-corrected chi connectivity index (χ1v) is 8.72. The van der Waals surface area contributed by atoms with Crippen LogP contribution in [-0.4, -0.2) is 35.2 Å². The lowest BCUT2D eigenvalue weighted by Crippen LogP contribution is -2.45. The third kappa shape index (κ3) is 6.18. The molecule has 2 aromatic heterocycles. The Balaban J connectivity index is 0.00000156. The van der Waals surface area contributed by atoms with Crippen molar-refractivity contribution in [2.24, 2.45) is 0 Å². The number of aromatic nitrogens is 2. The Morgan fingerprint density at radius 1 is 1.48 bits per heavy atom. The van der Waals surface area contributed by atoms with Crippen molar-refractivity contribution in [1.82, 2.24) is 20.8 Å². The molecule has 25 heavy (non-hydrogen) atoms. The minimum Gasteiger partial charge on any atom is -0.361 e. The monoisotopic (exact) mass is 404 g/mol. The molecule has 138 valence electrons. The number of thioether (sulfide) groups is 1. The maximum atomic E-state index is 12.5. The van der Waals surface area contributed by atoms with E-state index in [2.05, 4.69) is 20.8 Å². The highest BCUT2D eigenvalue weighted by molar-refractivity contribution is 7.98. The van der Waals surface area contributed by atoms with Gasteiger partial charge in [0.15, 0.2) is 0 Å². The van der Waals surface area contributed by atoms with Gasteiger partial charge in [-0.25, -0.2) is 4.98 Å². The van der Waals surface area contributed by atoms with Gasteiger partial charge in [-0.3, -0.25) is 4.79 Å². The highest BCUT2D eigenvalue weighted by Crippen LogP contribution is 2.24. The number of aryl methyl sites for hydroxylation is 1. The lowest BCUT2D eigenvalue weighted by atomic mass is 10.1. The Morgan fingerprint density at radius 3 is 3.00 bits per heavy atom. The number of nitrogens with zero attached hydrogens (tertiary/aromatic N) is 2. The second-order valence-corrected chi connectivity index (χ2v) is 6.55. The number of hydrogen-bond acceptors (Lipinski definition) is 6. The van der Waals surface area contributed by atoms with Crippen LogP contribution in [0.2, 0.25) is 0 Å². The van der Waals surface area contributed by atoms with E-state index >= 15 is 0 Å². The minimum absolute atomic E-state index is 0. The van der Waals surface area contributed by atoms with Crippen LogP contribution in [0.3, 0.4) is 0 Å². The second kappa shape index (κ2) is 10.7. The zero-order chi connectivity index (χ0) is 16.1. The molecule has 1 aliphatic rings. The average molecular weight is 405 g/mol. The molecule has 1 unspecified atom stereocenters. The second-order valence-electron chi connectivity index (χ2n) is 5.59. The summed E-state index contributed by atoms with van der Waals surface area (Å²) in [5.41, 5.74) is 1.46. The summed E-state index contributed by atoms with van der Waals surface area (Å²) < 4.78 is 5.06. The van der Waals surface area contributed by atoms with Crippen molar-refractivity contribution in [3.05, 3.63) is 41.4 Å². The van der Waals surface area contributed by atoms with Gasteiger partial charge in [-0.1, -0.05) is 16.9 Å². The third-order valence-electron chi connectivity index (χ3n) is 3.68. The lowest BCUT2D eigenvalue weighted by molar-refractivity contribution is 0.0927. The zero-order valence-corrected chi connectivity index (χ0v) is 16.3. The fourth-order valence-corrected chi connectivity index (χ4v) is 3.42. The maximum absolute atomic E-state index is 12.5. The van der Waals surface area contributed by atoms with Gasteiger partial charge in [-0.2, -0.15) is 0 Å². The molecule has 0 bridgehead atoms. The predicted molar refractivity (Wildman–Crippen MR) is 103 cm³/mol. The number of hydrogen-bond donors (Lipinski definition) is 2. The summed E-state index contributed by atoms with van der Waals surface area (Å²) in [5, 5.41) is 11.1. The van der Waals surface area contributed by atoms with Gasteiger partial charge in [-0.05, 0) is 38.4 Å². The van der Waals surface area contributed by atoms with E-state index < -0.39 is 0 Å². The largest absolute Gasteiger partial charge is 0.361 e. The van der Waals surface area contributed by atoms with Crippen LogP contribution in [0.5, 0.6) is 0 Å². The molecule has 0 radical (unpaired) electrons. The van der Waals surface area contributed by atoms with E-state index in [4.69, 9.17) is 4.52 Å². The van der Waals surface area contributed by atoms with Crippen LogP contribution in [-0.2, 0) is 5.75 Å². The van der Waals surface area contributed by atoms with Crippen LogP contribution >= 0.6 is 36.6 Å². The van der Waals surface area contributed by atoms with Crippen molar-refractivity contribution in [2.75, 3.05) is 13.1 Å². The van der Waals surface area contributed by atoms with Gasteiger partial charge in [0.1, 0.15) is 10.8 Å². The van der Waals surface area contributed by atoms with Crippen LogP contribution in [0, 0.1) is 6.92 Å². The Morgan fingerprint density at radius 2 is 2.32 bits per heavy atom. The van der Waals surface area contributed by atoms with Crippen molar-refractivity contribution < 1.29 is 9.32 Å². The number of piperidine rings is 1. The first kappa shape index (κ1) is 21.8. The fraction of sp³-hybridized carbons (Fsp3) is 0.438. The number of carbonyl (C=O) groups excluding carboxylic acids is 1. The number of amides is 1. The smallest absolute Gasteiger partial charge is 0.254 e. The van der Waals surface area contributed by atoms with Crippen LogP contribution in [0.25, 0.3) is 0 Å². The highest BCUT2D eigenvalue weighted by Gasteiger charge is 2.19. The molecule has 6 nitrogen and oxygen atoms in total. The summed E-state index contributed by atoms with van der Waals surface area (Å²) in [6.45, 7) is 3.71. The van der Waals surface area contributed by atoms with E-state index in [9.17, 15) is 4.79 Å². The average Bonchev–Trinajstić information content (AvgIpc) is 2.99. The Kier molecular flexibility index (Phi) is 9.27. The Bertz CT molecular complexity index is 678. The third-order valence-corrected chi connectivity index (χ3v) is 4.72. The molecule has 1 fully saturated rings. The highest BCUT2D eigenvalue weighted by atomic mass is 35.5. The van der Waals surface area contributed by atoms with Crippen LogP contribution in [0.1, 0.15) is 34.7 Å². The standard InChI is InChI=1S/C16H20N4O2S.2ClH/c1-11-8-13(20-22-11)10-23-16-14(5-3-7-18-16)15(21)19-12-4-2-6-17-9-12;;/h3,5,7-8,12,17H,2,4,6,9-10H2,1H3,(H,19,21);2*1H. The summed E-state index contributed by atoms with van der Waals surface area (Å²) in [6, 6.07) is 5.68. The van der Waals surface area contributed by atoms with Gasteiger partial charge in [-0.15, -0.1) is 24.8 Å². The van der Waals surface area contributed by atoms with Crippen molar-refractivity contribution in [1.29, 1.82) is 0 Å². The quantitative estimate of drug-likeness (QED) is 0.745. The number of carbonyl (C=O) groups is 1. The molecule has 2 N–H and O–H groups in total. The van der Waals surface area contributed by atoms with E-state index in [1.54, 1.807) is 12.3 Å². The number of halogens is 2. The molecule has 1 amide bonds. The predicted octanol–water partition coefficient (Wildman–Crippen LogP) is 3.00. The molecule has 0 saturated carbocycles.